The highest BCUT2D eigenvalue weighted by Crippen LogP contribution is 2.18. The normalized spacial score (nSPS) is 31.2. The first kappa shape index (κ1) is 8.72. The Morgan fingerprint density at radius 2 is 2.18 bits per heavy atom. The van der Waals surface area contributed by atoms with E-state index in [2.05, 4.69) is 25.8 Å². The van der Waals surface area contributed by atoms with Crippen LogP contribution in [0, 0.1) is 5.92 Å². The maximum absolute atomic E-state index is 5.58. The highest BCUT2D eigenvalue weighted by atomic mass is 16.5. The smallest absolute Gasteiger partial charge is 0.149 e. The lowest BCUT2D eigenvalue weighted by Crippen LogP contribution is -2.14. The van der Waals surface area contributed by atoms with E-state index in [9.17, 15) is 0 Å². The maximum atomic E-state index is 5.58. The first-order valence-corrected chi connectivity index (χ1v) is 4.29. The summed E-state index contributed by atoms with van der Waals surface area (Å²) in [6.45, 7) is 8.47. The second-order valence-corrected chi connectivity index (χ2v) is 3.63. The summed E-state index contributed by atoms with van der Waals surface area (Å²) in [5, 5.41) is 0. The molecule has 0 radical (unpaired) electrons. The number of hydrogen-bond acceptors (Lipinski definition) is 2. The molecule has 0 saturated carbocycles. The molecule has 0 spiro atoms. The van der Waals surface area contributed by atoms with Gasteiger partial charge in [0.15, 0.2) is 0 Å². The SMILES string of the molecule is CC1=NC(CC(C)C)OC1C. The standard InChI is InChI=1S/C9H17NO/c1-6(2)5-9-10-7(3)8(4)11-9/h6,8-9H,5H2,1-4H3. The van der Waals surface area contributed by atoms with Crippen molar-refractivity contribution in [3.8, 4) is 0 Å². The summed E-state index contributed by atoms with van der Waals surface area (Å²) < 4.78 is 5.58. The lowest BCUT2D eigenvalue weighted by atomic mass is 10.1. The third kappa shape index (κ3) is 2.29. The van der Waals surface area contributed by atoms with Crippen molar-refractivity contribution in [2.24, 2.45) is 10.9 Å². The van der Waals surface area contributed by atoms with Crippen molar-refractivity contribution in [3.05, 3.63) is 0 Å². The van der Waals surface area contributed by atoms with Gasteiger partial charge in [-0.1, -0.05) is 13.8 Å². The molecule has 0 amide bonds. The Kier molecular flexibility index (Phi) is 2.66. The van der Waals surface area contributed by atoms with Gasteiger partial charge in [-0.15, -0.1) is 0 Å². The first-order chi connectivity index (χ1) is 5.09. The highest BCUT2D eigenvalue weighted by Gasteiger charge is 2.22. The van der Waals surface area contributed by atoms with Gasteiger partial charge in [-0.3, -0.25) is 4.99 Å². The maximum Gasteiger partial charge on any atom is 0.149 e. The zero-order chi connectivity index (χ0) is 8.43. The Morgan fingerprint density at radius 1 is 1.55 bits per heavy atom. The van der Waals surface area contributed by atoms with Crippen molar-refractivity contribution in [3.63, 3.8) is 0 Å². The van der Waals surface area contributed by atoms with Crippen LogP contribution in [0.15, 0.2) is 4.99 Å². The van der Waals surface area contributed by atoms with Gasteiger partial charge in [0.25, 0.3) is 0 Å². The van der Waals surface area contributed by atoms with E-state index in [1.807, 2.05) is 6.92 Å². The molecule has 0 aromatic carbocycles. The molecular weight excluding hydrogens is 138 g/mol. The molecule has 1 aliphatic heterocycles. The number of aliphatic imine (C=N–C) groups is 1. The molecule has 0 saturated heterocycles. The van der Waals surface area contributed by atoms with E-state index >= 15 is 0 Å². The predicted octanol–water partition coefficient (Wildman–Crippen LogP) is 2.24. The molecular formula is C9H17NO. The van der Waals surface area contributed by atoms with Gasteiger partial charge < -0.3 is 4.74 Å². The lowest BCUT2D eigenvalue weighted by Gasteiger charge is -2.11. The van der Waals surface area contributed by atoms with Crippen molar-refractivity contribution in [2.75, 3.05) is 0 Å². The van der Waals surface area contributed by atoms with Crippen molar-refractivity contribution >= 4 is 5.71 Å². The van der Waals surface area contributed by atoms with Gasteiger partial charge >= 0.3 is 0 Å². The third-order valence-corrected chi connectivity index (χ3v) is 1.97. The van der Waals surface area contributed by atoms with Gasteiger partial charge in [-0.05, 0) is 26.2 Å². The number of rotatable bonds is 2. The summed E-state index contributed by atoms with van der Waals surface area (Å²) in [5.74, 6) is 0.668. The second kappa shape index (κ2) is 3.35. The molecule has 1 rings (SSSR count). The Hall–Kier alpha value is -0.370. The number of ether oxygens (including phenoxy) is 1. The van der Waals surface area contributed by atoms with Crippen LogP contribution in [0.25, 0.3) is 0 Å². The predicted molar refractivity (Wildman–Crippen MR) is 46.9 cm³/mol. The molecule has 2 atom stereocenters. The van der Waals surface area contributed by atoms with Crippen LogP contribution in [0.5, 0.6) is 0 Å². The van der Waals surface area contributed by atoms with Gasteiger partial charge in [0.1, 0.15) is 6.23 Å². The molecule has 0 aromatic rings. The van der Waals surface area contributed by atoms with Gasteiger partial charge in [0.2, 0.25) is 0 Å². The van der Waals surface area contributed by atoms with Crippen LogP contribution in [-0.2, 0) is 4.74 Å². The Balaban J connectivity index is 2.41. The molecule has 0 bridgehead atoms. The van der Waals surface area contributed by atoms with E-state index < -0.39 is 0 Å². The summed E-state index contributed by atoms with van der Waals surface area (Å²) in [7, 11) is 0. The monoisotopic (exact) mass is 155 g/mol. The van der Waals surface area contributed by atoms with Crippen LogP contribution < -0.4 is 0 Å². The van der Waals surface area contributed by atoms with E-state index in [1.165, 1.54) is 0 Å². The van der Waals surface area contributed by atoms with Gasteiger partial charge in [-0.25, -0.2) is 0 Å². The van der Waals surface area contributed by atoms with Crippen LogP contribution in [0.4, 0.5) is 0 Å². The molecule has 2 heteroatoms. The molecule has 11 heavy (non-hydrogen) atoms. The fraction of sp³-hybridized carbons (Fsp3) is 0.889. The number of nitrogens with zero attached hydrogens (tertiary/aromatic N) is 1. The zero-order valence-corrected chi connectivity index (χ0v) is 7.79. The topological polar surface area (TPSA) is 21.6 Å². The minimum absolute atomic E-state index is 0.130. The highest BCUT2D eigenvalue weighted by molar-refractivity contribution is 5.87. The van der Waals surface area contributed by atoms with Crippen molar-refractivity contribution < 1.29 is 4.74 Å². The number of hydrogen-bond donors (Lipinski definition) is 0. The minimum Gasteiger partial charge on any atom is -0.348 e. The molecule has 2 nitrogen and oxygen atoms in total. The molecule has 0 aromatic heterocycles. The van der Waals surface area contributed by atoms with Gasteiger partial charge in [-0.2, -0.15) is 0 Å². The largest absolute Gasteiger partial charge is 0.348 e. The van der Waals surface area contributed by atoms with Crippen LogP contribution in [0.2, 0.25) is 0 Å². The molecule has 64 valence electrons. The Morgan fingerprint density at radius 3 is 2.55 bits per heavy atom. The fourth-order valence-electron chi connectivity index (χ4n) is 1.21. The van der Waals surface area contributed by atoms with Gasteiger partial charge in [0.05, 0.1) is 6.10 Å². The summed E-state index contributed by atoms with van der Waals surface area (Å²) in [4.78, 5) is 4.40. The summed E-state index contributed by atoms with van der Waals surface area (Å²) >= 11 is 0. The molecule has 1 aliphatic rings. The summed E-state index contributed by atoms with van der Waals surface area (Å²) in [5.41, 5.74) is 1.13. The van der Waals surface area contributed by atoms with Crippen molar-refractivity contribution in [1.82, 2.24) is 0 Å². The van der Waals surface area contributed by atoms with E-state index in [0.717, 1.165) is 12.1 Å². The molecule has 0 aliphatic carbocycles. The Bertz CT molecular complexity index is 163. The van der Waals surface area contributed by atoms with Crippen molar-refractivity contribution in [1.29, 1.82) is 0 Å². The summed E-state index contributed by atoms with van der Waals surface area (Å²) in [6, 6.07) is 0. The van der Waals surface area contributed by atoms with E-state index in [-0.39, 0.29) is 12.3 Å². The molecule has 0 N–H and O–H groups in total. The lowest BCUT2D eigenvalue weighted by molar-refractivity contribution is 0.0464. The molecule has 2 unspecified atom stereocenters. The fourth-order valence-corrected chi connectivity index (χ4v) is 1.21. The van der Waals surface area contributed by atoms with Crippen molar-refractivity contribution in [2.45, 2.75) is 46.4 Å². The van der Waals surface area contributed by atoms with E-state index in [4.69, 9.17) is 4.74 Å². The average Bonchev–Trinajstić information content (AvgIpc) is 2.10. The first-order valence-electron chi connectivity index (χ1n) is 4.29. The quantitative estimate of drug-likeness (QED) is 0.599. The van der Waals surface area contributed by atoms with Gasteiger partial charge in [0, 0.05) is 5.71 Å². The van der Waals surface area contributed by atoms with E-state index in [0.29, 0.717) is 5.92 Å². The van der Waals surface area contributed by atoms with Crippen LogP contribution in [0.3, 0.4) is 0 Å². The Labute approximate surface area is 68.7 Å². The summed E-state index contributed by atoms with van der Waals surface area (Å²) in [6.07, 6.45) is 1.41. The molecule has 1 heterocycles. The average molecular weight is 155 g/mol. The zero-order valence-electron chi connectivity index (χ0n) is 7.79. The minimum atomic E-state index is 0.130. The second-order valence-electron chi connectivity index (χ2n) is 3.63. The third-order valence-electron chi connectivity index (χ3n) is 1.97. The van der Waals surface area contributed by atoms with Crippen LogP contribution in [0.1, 0.15) is 34.1 Å². The molecule has 0 fully saturated rings. The van der Waals surface area contributed by atoms with Crippen LogP contribution in [-0.4, -0.2) is 18.0 Å². The van der Waals surface area contributed by atoms with E-state index in [1.54, 1.807) is 0 Å². The van der Waals surface area contributed by atoms with Crippen LogP contribution >= 0.6 is 0 Å².